The molecule has 252 valence electrons. The van der Waals surface area contributed by atoms with E-state index in [-0.39, 0.29) is 42.7 Å². The summed E-state index contributed by atoms with van der Waals surface area (Å²) in [5, 5.41) is 4.23. The zero-order valence-electron chi connectivity index (χ0n) is 28.0. The molecule has 0 radical (unpaired) electrons. The summed E-state index contributed by atoms with van der Waals surface area (Å²) in [7, 11) is 1.47. The third-order valence-electron chi connectivity index (χ3n) is 9.93. The molecular weight excluding hydrogens is 587 g/mol. The van der Waals surface area contributed by atoms with Crippen molar-refractivity contribution in [3.8, 4) is 0 Å². The van der Waals surface area contributed by atoms with E-state index >= 15 is 0 Å². The van der Waals surface area contributed by atoms with E-state index in [2.05, 4.69) is 5.32 Å². The Kier molecular flexibility index (Phi) is 11.2. The highest BCUT2D eigenvalue weighted by Gasteiger charge is 2.47. The zero-order valence-corrected chi connectivity index (χ0v) is 28.0. The molecule has 0 aromatic heterocycles. The molecule has 4 amide bonds. The SMILES string of the molecule is BON(CCC1CCC1)C(=O)C1CC(OC(=O)N2Cc3ccccc3C2)CN1C(=O)C(NC(=O)OCC(C)(C)C)C1CCCCC1. The second-order valence-corrected chi connectivity index (χ2v) is 14.7. The van der Waals surface area contributed by atoms with Gasteiger partial charge in [-0.05, 0) is 47.6 Å². The Morgan fingerprint density at radius 1 is 1.00 bits per heavy atom. The van der Waals surface area contributed by atoms with Gasteiger partial charge in [0.1, 0.15) is 18.2 Å². The lowest BCUT2D eigenvalue weighted by molar-refractivity contribution is -0.165. The quantitative estimate of drug-likeness (QED) is 0.300. The van der Waals surface area contributed by atoms with E-state index < -0.39 is 30.4 Å². The Bertz CT molecular complexity index is 1220. The standard InChI is InChI=1S/C34H51BN4O7/c1-34(2,3)22-44-32(42)36-29(24-12-5-4-6-13-24)31(41)38-21-27(45-33(43)37-19-25-14-7-8-15-26(25)20-37)18-28(38)30(40)39(46-35)17-16-23-10-9-11-23/h7-8,14-15,23-24,27-29H,4-6,9-13,16-22,35H2,1-3H3,(H,36,42). The number of carbonyl (C=O) groups excluding carboxylic acids is 4. The van der Waals surface area contributed by atoms with Crippen LogP contribution in [0.3, 0.4) is 0 Å². The summed E-state index contributed by atoms with van der Waals surface area (Å²) in [4.78, 5) is 57.9. The van der Waals surface area contributed by atoms with Gasteiger partial charge in [-0.2, -0.15) is 0 Å². The fourth-order valence-corrected chi connectivity index (χ4v) is 7.06. The summed E-state index contributed by atoms with van der Waals surface area (Å²) >= 11 is 0. The van der Waals surface area contributed by atoms with Gasteiger partial charge >= 0.3 is 12.2 Å². The number of rotatable bonds is 10. The normalized spacial score (nSPS) is 22.5. The number of hydrogen-bond donors (Lipinski definition) is 1. The van der Waals surface area contributed by atoms with Gasteiger partial charge in [0.25, 0.3) is 14.0 Å². The van der Waals surface area contributed by atoms with Crippen molar-refractivity contribution < 1.29 is 33.4 Å². The van der Waals surface area contributed by atoms with Crippen LogP contribution in [0.5, 0.6) is 0 Å². The first-order chi connectivity index (χ1) is 22.0. The summed E-state index contributed by atoms with van der Waals surface area (Å²) in [5.74, 6) is -0.190. The smallest absolute Gasteiger partial charge is 0.410 e. The maximum absolute atomic E-state index is 14.5. The van der Waals surface area contributed by atoms with Gasteiger partial charge in [-0.3, -0.25) is 14.5 Å². The van der Waals surface area contributed by atoms with Crippen molar-refractivity contribution in [2.24, 2.45) is 17.3 Å². The molecule has 12 heteroatoms. The summed E-state index contributed by atoms with van der Waals surface area (Å²) in [6.07, 6.45) is 7.31. The number of hydrogen-bond acceptors (Lipinski definition) is 7. The van der Waals surface area contributed by atoms with E-state index in [4.69, 9.17) is 14.2 Å². The number of ether oxygens (including phenoxy) is 2. The highest BCUT2D eigenvalue weighted by molar-refractivity contribution is 5.99. The van der Waals surface area contributed by atoms with E-state index in [1.165, 1.54) is 24.4 Å². The van der Waals surface area contributed by atoms with Gasteiger partial charge in [0.15, 0.2) is 0 Å². The van der Waals surface area contributed by atoms with Crippen molar-refractivity contribution in [1.29, 1.82) is 0 Å². The Morgan fingerprint density at radius 2 is 1.67 bits per heavy atom. The summed E-state index contributed by atoms with van der Waals surface area (Å²) < 4.78 is 17.0. The molecule has 2 saturated carbocycles. The van der Waals surface area contributed by atoms with Crippen molar-refractivity contribution in [3.63, 3.8) is 0 Å². The summed E-state index contributed by atoms with van der Waals surface area (Å²) in [6, 6.07) is 6.17. The molecule has 3 fully saturated rings. The first-order valence-corrected chi connectivity index (χ1v) is 17.1. The van der Waals surface area contributed by atoms with Gasteiger partial charge < -0.3 is 24.4 Å². The van der Waals surface area contributed by atoms with Gasteiger partial charge in [-0.25, -0.2) is 14.7 Å². The Morgan fingerprint density at radius 3 is 2.26 bits per heavy atom. The molecule has 5 rings (SSSR count). The number of benzene rings is 1. The molecule has 0 spiro atoms. The lowest BCUT2D eigenvalue weighted by Gasteiger charge is -2.36. The largest absolute Gasteiger partial charge is 0.449 e. The molecule has 2 aliphatic heterocycles. The molecule has 2 heterocycles. The second kappa shape index (κ2) is 15.1. The number of likely N-dealkylation sites (tertiary alicyclic amines) is 1. The van der Waals surface area contributed by atoms with Crippen molar-refractivity contribution in [2.45, 2.75) is 116 Å². The maximum Gasteiger partial charge on any atom is 0.410 e. The predicted octanol–water partition coefficient (Wildman–Crippen LogP) is 4.33. The van der Waals surface area contributed by atoms with E-state index in [0.717, 1.165) is 62.5 Å². The van der Waals surface area contributed by atoms with Crippen LogP contribution in [0.1, 0.15) is 96.1 Å². The lowest BCUT2D eigenvalue weighted by atomic mass is 9.83. The predicted molar refractivity (Wildman–Crippen MR) is 174 cm³/mol. The number of hydroxylamine groups is 2. The van der Waals surface area contributed by atoms with E-state index in [1.807, 2.05) is 45.0 Å². The van der Waals surface area contributed by atoms with Crippen LogP contribution in [-0.4, -0.2) is 84.8 Å². The number of fused-ring (bicyclic) bond motifs is 1. The number of nitrogens with one attached hydrogen (secondary N) is 1. The summed E-state index contributed by atoms with van der Waals surface area (Å²) in [5.41, 5.74) is 1.93. The molecule has 1 saturated heterocycles. The number of nitrogens with zero attached hydrogens (tertiary/aromatic N) is 3. The summed E-state index contributed by atoms with van der Waals surface area (Å²) in [6.45, 7) is 7.52. The molecule has 1 aromatic carbocycles. The van der Waals surface area contributed by atoms with Crippen LogP contribution < -0.4 is 5.32 Å². The van der Waals surface area contributed by atoms with E-state index in [9.17, 15) is 19.2 Å². The van der Waals surface area contributed by atoms with Crippen molar-refractivity contribution >= 4 is 32.0 Å². The third-order valence-corrected chi connectivity index (χ3v) is 9.93. The van der Waals surface area contributed by atoms with Crippen LogP contribution in [0.25, 0.3) is 0 Å². The van der Waals surface area contributed by atoms with Gasteiger partial charge in [-0.1, -0.05) is 83.6 Å². The van der Waals surface area contributed by atoms with Crippen LogP contribution in [-0.2, 0) is 36.9 Å². The monoisotopic (exact) mass is 638 g/mol. The van der Waals surface area contributed by atoms with Gasteiger partial charge in [-0.15, -0.1) is 0 Å². The minimum Gasteiger partial charge on any atom is -0.449 e. The average molecular weight is 639 g/mol. The van der Waals surface area contributed by atoms with E-state index in [0.29, 0.717) is 25.6 Å². The molecular formula is C34H51BN4O7. The Hall–Kier alpha value is -3.28. The van der Waals surface area contributed by atoms with Crippen molar-refractivity contribution in [1.82, 2.24) is 20.2 Å². The molecule has 3 atom stereocenters. The van der Waals surface area contributed by atoms with Crippen LogP contribution in [0, 0.1) is 17.3 Å². The molecule has 0 bridgehead atoms. The Labute approximate surface area is 274 Å². The highest BCUT2D eigenvalue weighted by Crippen LogP contribution is 2.33. The molecule has 3 unspecified atom stereocenters. The van der Waals surface area contributed by atoms with Crippen molar-refractivity contribution in [3.05, 3.63) is 35.4 Å². The van der Waals surface area contributed by atoms with Crippen LogP contribution in [0.4, 0.5) is 9.59 Å². The lowest BCUT2D eigenvalue weighted by Crippen LogP contribution is -2.56. The third kappa shape index (κ3) is 8.54. The molecule has 1 aromatic rings. The maximum atomic E-state index is 14.5. The molecule has 1 N–H and O–H groups in total. The molecule has 11 nitrogen and oxygen atoms in total. The zero-order chi connectivity index (χ0) is 32.8. The molecule has 4 aliphatic rings. The van der Waals surface area contributed by atoms with E-state index in [1.54, 1.807) is 4.90 Å². The topological polar surface area (TPSA) is 118 Å². The van der Waals surface area contributed by atoms with Crippen molar-refractivity contribution in [2.75, 3.05) is 19.7 Å². The number of alkyl carbamates (subject to hydrolysis) is 1. The minimum absolute atomic E-state index is 0.0594. The molecule has 2 aliphatic carbocycles. The van der Waals surface area contributed by atoms with Crippen LogP contribution in [0.15, 0.2) is 24.3 Å². The highest BCUT2D eigenvalue weighted by atomic mass is 16.6. The van der Waals surface area contributed by atoms with Gasteiger partial charge in [0, 0.05) is 26.1 Å². The fourth-order valence-electron chi connectivity index (χ4n) is 7.06. The Balaban J connectivity index is 1.33. The first kappa shape index (κ1) is 34.1. The van der Waals surface area contributed by atoms with Gasteiger partial charge in [0.2, 0.25) is 5.91 Å². The minimum atomic E-state index is -0.888. The first-order valence-electron chi connectivity index (χ1n) is 17.1. The van der Waals surface area contributed by atoms with Crippen LogP contribution in [0.2, 0.25) is 0 Å². The second-order valence-electron chi connectivity index (χ2n) is 14.7. The van der Waals surface area contributed by atoms with Gasteiger partial charge in [0.05, 0.1) is 13.2 Å². The average Bonchev–Trinajstić information content (AvgIpc) is 3.64. The van der Waals surface area contributed by atoms with Crippen LogP contribution >= 0.6 is 0 Å². The molecule has 46 heavy (non-hydrogen) atoms. The fraction of sp³-hybridized carbons (Fsp3) is 0.706. The number of carbonyl (C=O) groups is 4. The number of amides is 4.